The molecule has 0 saturated heterocycles. The van der Waals surface area contributed by atoms with Crippen LogP contribution in [0.25, 0.3) is 0 Å². The maximum absolute atomic E-state index is 11.4. The van der Waals surface area contributed by atoms with Gasteiger partial charge in [-0.2, -0.15) is 0 Å². The first-order valence-electron chi connectivity index (χ1n) is 4.20. The number of aromatic nitrogens is 2. The molecule has 0 aliphatic carbocycles. The van der Waals surface area contributed by atoms with Gasteiger partial charge in [-0.05, 0) is 20.8 Å². The molecule has 4 nitrogen and oxygen atoms in total. The van der Waals surface area contributed by atoms with Crippen LogP contribution >= 0.6 is 0 Å². The first kappa shape index (κ1) is 9.92. The van der Waals surface area contributed by atoms with E-state index in [9.17, 15) is 4.79 Å². The van der Waals surface area contributed by atoms with Gasteiger partial charge >= 0.3 is 0 Å². The second-order valence-electron chi connectivity index (χ2n) is 3.99. The molecule has 72 valence electrons. The molecule has 0 radical (unpaired) electrons. The zero-order valence-corrected chi connectivity index (χ0v) is 8.24. The van der Waals surface area contributed by atoms with Crippen molar-refractivity contribution < 1.29 is 0 Å². The van der Waals surface area contributed by atoms with Crippen LogP contribution in [0.5, 0.6) is 0 Å². The van der Waals surface area contributed by atoms with Crippen molar-refractivity contribution >= 4 is 0 Å². The Kier molecular flexibility index (Phi) is 2.52. The smallest absolute Gasteiger partial charge is 0.253 e. The second-order valence-corrected chi connectivity index (χ2v) is 3.99. The molecule has 1 aromatic rings. The summed E-state index contributed by atoms with van der Waals surface area (Å²) in [5, 5.41) is 0. The van der Waals surface area contributed by atoms with E-state index in [4.69, 9.17) is 5.73 Å². The van der Waals surface area contributed by atoms with E-state index in [-0.39, 0.29) is 11.1 Å². The Labute approximate surface area is 77.4 Å². The maximum Gasteiger partial charge on any atom is 0.253 e. The van der Waals surface area contributed by atoms with Crippen LogP contribution in [0.15, 0.2) is 17.2 Å². The van der Waals surface area contributed by atoms with Gasteiger partial charge in [-0.1, -0.05) is 0 Å². The first-order chi connectivity index (χ1) is 5.88. The largest absolute Gasteiger partial charge is 0.324 e. The minimum atomic E-state index is -0.388. The summed E-state index contributed by atoms with van der Waals surface area (Å²) in [6.45, 7) is 6.02. The van der Waals surface area contributed by atoms with Crippen LogP contribution in [0.2, 0.25) is 0 Å². The summed E-state index contributed by atoms with van der Waals surface area (Å²) < 4.78 is 1.52. The van der Waals surface area contributed by atoms with E-state index in [1.165, 1.54) is 17.0 Å². The van der Waals surface area contributed by atoms with Crippen LogP contribution in [-0.2, 0) is 6.54 Å². The Bertz CT molecular complexity index is 349. The lowest BCUT2D eigenvalue weighted by atomic mass is 10.1. The predicted octanol–water partition coefficient (Wildman–Crippen LogP) is 0.289. The summed E-state index contributed by atoms with van der Waals surface area (Å²) in [7, 11) is 0. The van der Waals surface area contributed by atoms with Gasteiger partial charge in [0.05, 0.1) is 6.33 Å². The first-order valence-corrected chi connectivity index (χ1v) is 4.20. The van der Waals surface area contributed by atoms with E-state index in [0.717, 1.165) is 5.69 Å². The van der Waals surface area contributed by atoms with Gasteiger partial charge in [-0.15, -0.1) is 0 Å². The third kappa shape index (κ3) is 2.99. The molecular weight excluding hydrogens is 166 g/mol. The van der Waals surface area contributed by atoms with Crippen LogP contribution in [0.1, 0.15) is 19.5 Å². The van der Waals surface area contributed by atoms with Gasteiger partial charge in [0, 0.05) is 23.8 Å². The van der Waals surface area contributed by atoms with Crippen LogP contribution in [0, 0.1) is 6.92 Å². The Morgan fingerprint density at radius 2 is 2.23 bits per heavy atom. The number of aryl methyl sites for hydroxylation is 1. The lowest BCUT2D eigenvalue weighted by Crippen LogP contribution is -2.40. The number of hydrogen-bond acceptors (Lipinski definition) is 3. The fourth-order valence-electron chi connectivity index (χ4n) is 1.07. The SMILES string of the molecule is Cc1cc(=O)n(CC(C)(C)N)cn1. The standard InChI is InChI=1S/C9H15N3O/c1-7-4-8(13)12(6-11-7)5-9(2,3)10/h4,6H,5,10H2,1-3H3. The summed E-state index contributed by atoms with van der Waals surface area (Å²) in [4.78, 5) is 15.4. The molecule has 0 aromatic carbocycles. The van der Waals surface area contributed by atoms with E-state index in [1.54, 1.807) is 6.92 Å². The Morgan fingerprint density at radius 3 is 2.69 bits per heavy atom. The van der Waals surface area contributed by atoms with Gasteiger partial charge in [0.25, 0.3) is 5.56 Å². The van der Waals surface area contributed by atoms with Crippen molar-refractivity contribution in [2.24, 2.45) is 5.73 Å². The lowest BCUT2D eigenvalue weighted by molar-refractivity contribution is 0.422. The number of hydrogen-bond donors (Lipinski definition) is 1. The second kappa shape index (κ2) is 3.30. The quantitative estimate of drug-likeness (QED) is 0.713. The molecule has 2 N–H and O–H groups in total. The molecule has 1 heterocycles. The van der Waals surface area contributed by atoms with Crippen molar-refractivity contribution in [3.05, 3.63) is 28.4 Å². The average Bonchev–Trinajstić information content (AvgIpc) is 1.93. The Balaban J connectivity index is 2.98. The van der Waals surface area contributed by atoms with Crippen LogP contribution in [0.4, 0.5) is 0 Å². The summed E-state index contributed by atoms with van der Waals surface area (Å²) >= 11 is 0. The van der Waals surface area contributed by atoms with E-state index in [2.05, 4.69) is 4.98 Å². The molecule has 0 spiro atoms. The van der Waals surface area contributed by atoms with Crippen LogP contribution in [0.3, 0.4) is 0 Å². The average molecular weight is 181 g/mol. The van der Waals surface area contributed by atoms with E-state index in [1.807, 2.05) is 13.8 Å². The molecule has 0 fully saturated rings. The molecule has 0 unspecified atom stereocenters. The predicted molar refractivity (Wildman–Crippen MR) is 51.5 cm³/mol. The number of rotatable bonds is 2. The molecule has 1 rings (SSSR count). The molecule has 0 aliphatic heterocycles. The number of nitrogens with zero attached hydrogens (tertiary/aromatic N) is 2. The zero-order chi connectivity index (χ0) is 10.1. The highest BCUT2D eigenvalue weighted by molar-refractivity contribution is 4.96. The zero-order valence-electron chi connectivity index (χ0n) is 8.24. The molecular formula is C9H15N3O. The molecule has 0 amide bonds. The number of nitrogens with two attached hydrogens (primary N) is 1. The Morgan fingerprint density at radius 1 is 1.62 bits per heavy atom. The van der Waals surface area contributed by atoms with Crippen molar-refractivity contribution in [3.8, 4) is 0 Å². The van der Waals surface area contributed by atoms with Crippen LogP contribution in [-0.4, -0.2) is 15.1 Å². The molecule has 0 saturated carbocycles. The summed E-state index contributed by atoms with van der Waals surface area (Å²) in [6, 6.07) is 1.51. The highest BCUT2D eigenvalue weighted by Crippen LogP contribution is 1.99. The molecule has 0 atom stereocenters. The van der Waals surface area contributed by atoms with Crippen molar-refractivity contribution in [1.82, 2.24) is 9.55 Å². The molecule has 1 aromatic heterocycles. The van der Waals surface area contributed by atoms with Crippen LogP contribution < -0.4 is 11.3 Å². The van der Waals surface area contributed by atoms with E-state index >= 15 is 0 Å². The van der Waals surface area contributed by atoms with Crippen molar-refractivity contribution in [2.45, 2.75) is 32.9 Å². The third-order valence-corrected chi connectivity index (χ3v) is 1.59. The third-order valence-electron chi connectivity index (χ3n) is 1.59. The van der Waals surface area contributed by atoms with E-state index in [0.29, 0.717) is 6.54 Å². The van der Waals surface area contributed by atoms with Gasteiger partial charge in [0.1, 0.15) is 0 Å². The minimum absolute atomic E-state index is 0.0500. The van der Waals surface area contributed by atoms with Gasteiger partial charge in [-0.3, -0.25) is 9.36 Å². The van der Waals surface area contributed by atoms with E-state index < -0.39 is 0 Å². The van der Waals surface area contributed by atoms with Crippen molar-refractivity contribution in [1.29, 1.82) is 0 Å². The normalized spacial score (nSPS) is 11.7. The molecule has 13 heavy (non-hydrogen) atoms. The summed E-state index contributed by atoms with van der Waals surface area (Å²) in [5.74, 6) is 0. The fraction of sp³-hybridized carbons (Fsp3) is 0.556. The fourth-order valence-corrected chi connectivity index (χ4v) is 1.07. The summed E-state index contributed by atoms with van der Waals surface area (Å²) in [6.07, 6.45) is 1.53. The molecule has 0 bridgehead atoms. The monoisotopic (exact) mass is 181 g/mol. The van der Waals surface area contributed by atoms with Crippen molar-refractivity contribution in [2.75, 3.05) is 0 Å². The van der Waals surface area contributed by atoms with Gasteiger partial charge in [0.15, 0.2) is 0 Å². The van der Waals surface area contributed by atoms with Crippen molar-refractivity contribution in [3.63, 3.8) is 0 Å². The summed E-state index contributed by atoms with van der Waals surface area (Å²) in [5.41, 5.74) is 6.08. The minimum Gasteiger partial charge on any atom is -0.324 e. The Hall–Kier alpha value is -1.16. The van der Waals surface area contributed by atoms with Gasteiger partial charge < -0.3 is 5.73 Å². The van der Waals surface area contributed by atoms with Gasteiger partial charge in [0.2, 0.25) is 0 Å². The molecule has 0 aliphatic rings. The maximum atomic E-state index is 11.4. The highest BCUT2D eigenvalue weighted by Gasteiger charge is 2.12. The lowest BCUT2D eigenvalue weighted by Gasteiger charge is -2.19. The molecule has 4 heteroatoms. The topological polar surface area (TPSA) is 60.9 Å². The highest BCUT2D eigenvalue weighted by atomic mass is 16.1. The van der Waals surface area contributed by atoms with Gasteiger partial charge in [-0.25, -0.2) is 4.98 Å².